The lowest BCUT2D eigenvalue weighted by Crippen LogP contribution is -2.49. The van der Waals surface area contributed by atoms with Gasteiger partial charge in [0.1, 0.15) is 0 Å². The van der Waals surface area contributed by atoms with Crippen molar-refractivity contribution in [3.8, 4) is 0 Å². The summed E-state index contributed by atoms with van der Waals surface area (Å²) in [5, 5.41) is 4.51. The van der Waals surface area contributed by atoms with Gasteiger partial charge in [0.2, 0.25) is 0 Å². The molecule has 0 radical (unpaired) electrons. The van der Waals surface area contributed by atoms with E-state index in [2.05, 4.69) is 25.2 Å². The number of nitrogens with one attached hydrogen (secondary N) is 1. The van der Waals surface area contributed by atoms with Crippen molar-refractivity contribution in [2.45, 2.75) is 51.3 Å². The molecule has 1 fully saturated rings. The molecule has 2 rings (SSSR count). The second-order valence-electron chi connectivity index (χ2n) is 5.11. The van der Waals surface area contributed by atoms with Gasteiger partial charge < -0.3 is 10.1 Å². The minimum atomic E-state index is 0.456. The van der Waals surface area contributed by atoms with Gasteiger partial charge in [0.05, 0.1) is 6.10 Å². The minimum absolute atomic E-state index is 0.456. The van der Waals surface area contributed by atoms with Crippen LogP contribution in [-0.2, 0) is 11.2 Å². The third-order valence-corrected chi connectivity index (χ3v) is 3.87. The zero-order valence-corrected chi connectivity index (χ0v) is 11.9. The summed E-state index contributed by atoms with van der Waals surface area (Å²) < 4.78 is 5.57. The van der Waals surface area contributed by atoms with Gasteiger partial charge in [-0.2, -0.15) is 0 Å². The van der Waals surface area contributed by atoms with Crippen LogP contribution < -0.4 is 5.32 Å². The van der Waals surface area contributed by atoms with Crippen LogP contribution in [0.25, 0.3) is 0 Å². The third-order valence-electron chi connectivity index (χ3n) is 3.50. The van der Waals surface area contributed by atoms with Crippen LogP contribution in [0.4, 0.5) is 0 Å². The van der Waals surface area contributed by atoms with Gasteiger partial charge in [0.25, 0.3) is 0 Å². The van der Waals surface area contributed by atoms with Gasteiger partial charge in [-0.15, -0.1) is 0 Å². The van der Waals surface area contributed by atoms with Crippen molar-refractivity contribution in [3.63, 3.8) is 0 Å². The standard InChI is InChI=1S/C15H22ClNO/c1-3-18-14-9-13(10-14)17-11(2)8-12-6-4-5-7-15(12)16/h4-7,11,13-14,17H,3,8-10H2,1-2H3. The highest BCUT2D eigenvalue weighted by molar-refractivity contribution is 6.31. The van der Waals surface area contributed by atoms with E-state index in [1.165, 1.54) is 5.56 Å². The van der Waals surface area contributed by atoms with Crippen LogP contribution in [0, 0.1) is 0 Å². The van der Waals surface area contributed by atoms with Gasteiger partial charge in [0, 0.05) is 23.7 Å². The Kier molecular flexibility index (Phi) is 5.04. The molecule has 1 unspecified atom stereocenters. The van der Waals surface area contributed by atoms with Crippen molar-refractivity contribution in [1.29, 1.82) is 0 Å². The smallest absolute Gasteiger partial charge is 0.0604 e. The average molecular weight is 268 g/mol. The lowest BCUT2D eigenvalue weighted by molar-refractivity contribution is -0.0119. The molecular formula is C15H22ClNO. The fourth-order valence-electron chi connectivity index (χ4n) is 2.53. The molecule has 0 amide bonds. The molecule has 18 heavy (non-hydrogen) atoms. The summed E-state index contributed by atoms with van der Waals surface area (Å²) in [6.07, 6.45) is 3.73. The number of ether oxygens (including phenoxy) is 1. The molecule has 1 aromatic rings. The van der Waals surface area contributed by atoms with Crippen molar-refractivity contribution in [2.75, 3.05) is 6.61 Å². The van der Waals surface area contributed by atoms with E-state index in [1.807, 2.05) is 18.2 Å². The molecule has 1 aromatic carbocycles. The summed E-state index contributed by atoms with van der Waals surface area (Å²) in [5.41, 5.74) is 1.22. The van der Waals surface area contributed by atoms with Crippen molar-refractivity contribution in [3.05, 3.63) is 34.9 Å². The van der Waals surface area contributed by atoms with E-state index in [0.717, 1.165) is 30.9 Å². The van der Waals surface area contributed by atoms with Gasteiger partial charge in [-0.1, -0.05) is 29.8 Å². The SMILES string of the molecule is CCOC1CC(NC(C)Cc2ccccc2Cl)C1. The molecule has 0 saturated heterocycles. The van der Waals surface area contributed by atoms with E-state index in [1.54, 1.807) is 0 Å². The molecule has 1 atom stereocenters. The van der Waals surface area contributed by atoms with Crippen LogP contribution in [0.1, 0.15) is 32.3 Å². The monoisotopic (exact) mass is 267 g/mol. The molecule has 0 bridgehead atoms. The van der Waals surface area contributed by atoms with E-state index in [0.29, 0.717) is 18.2 Å². The van der Waals surface area contributed by atoms with Crippen molar-refractivity contribution in [1.82, 2.24) is 5.32 Å². The van der Waals surface area contributed by atoms with Crippen molar-refractivity contribution in [2.24, 2.45) is 0 Å². The van der Waals surface area contributed by atoms with Crippen molar-refractivity contribution >= 4 is 11.6 Å². The van der Waals surface area contributed by atoms with Gasteiger partial charge in [-0.05, 0) is 44.7 Å². The molecule has 1 N–H and O–H groups in total. The Balaban J connectivity index is 1.73. The molecule has 0 aliphatic heterocycles. The fourth-order valence-corrected chi connectivity index (χ4v) is 2.74. The highest BCUT2D eigenvalue weighted by Crippen LogP contribution is 2.24. The fraction of sp³-hybridized carbons (Fsp3) is 0.600. The van der Waals surface area contributed by atoms with Gasteiger partial charge in [0.15, 0.2) is 0 Å². The zero-order valence-electron chi connectivity index (χ0n) is 11.2. The molecule has 0 aromatic heterocycles. The topological polar surface area (TPSA) is 21.3 Å². The van der Waals surface area contributed by atoms with Gasteiger partial charge in [-0.3, -0.25) is 0 Å². The predicted molar refractivity (Wildman–Crippen MR) is 76.2 cm³/mol. The maximum absolute atomic E-state index is 6.17. The maximum atomic E-state index is 6.17. The van der Waals surface area contributed by atoms with Gasteiger partial charge >= 0.3 is 0 Å². The first-order valence-electron chi connectivity index (χ1n) is 6.80. The Morgan fingerprint density at radius 2 is 2.11 bits per heavy atom. The summed E-state index contributed by atoms with van der Waals surface area (Å²) in [4.78, 5) is 0. The largest absolute Gasteiger partial charge is 0.378 e. The van der Waals surface area contributed by atoms with Crippen LogP contribution >= 0.6 is 11.6 Å². The van der Waals surface area contributed by atoms with E-state index in [9.17, 15) is 0 Å². The predicted octanol–water partition coefficient (Wildman–Crippen LogP) is 3.43. The Hall–Kier alpha value is -0.570. The summed E-state index contributed by atoms with van der Waals surface area (Å²) in [5.74, 6) is 0. The summed E-state index contributed by atoms with van der Waals surface area (Å²) in [6.45, 7) is 5.10. The number of hydrogen-bond donors (Lipinski definition) is 1. The number of hydrogen-bond acceptors (Lipinski definition) is 2. The number of halogens is 1. The van der Waals surface area contributed by atoms with E-state index in [-0.39, 0.29) is 0 Å². The Morgan fingerprint density at radius 3 is 2.78 bits per heavy atom. The Morgan fingerprint density at radius 1 is 1.39 bits per heavy atom. The van der Waals surface area contributed by atoms with Crippen LogP contribution in [-0.4, -0.2) is 24.8 Å². The molecule has 0 spiro atoms. The normalized spacial score (nSPS) is 24.6. The zero-order chi connectivity index (χ0) is 13.0. The Bertz CT molecular complexity index is 377. The molecule has 1 saturated carbocycles. The average Bonchev–Trinajstić information content (AvgIpc) is 2.29. The molecule has 1 aliphatic carbocycles. The Labute approximate surface area is 115 Å². The lowest BCUT2D eigenvalue weighted by atomic mass is 9.88. The molecule has 3 heteroatoms. The first-order valence-corrected chi connectivity index (χ1v) is 7.18. The number of rotatable bonds is 6. The summed E-state index contributed by atoms with van der Waals surface area (Å²) in [6, 6.07) is 9.14. The minimum Gasteiger partial charge on any atom is -0.378 e. The molecule has 0 heterocycles. The first-order chi connectivity index (χ1) is 8.69. The quantitative estimate of drug-likeness (QED) is 0.853. The second kappa shape index (κ2) is 6.55. The highest BCUT2D eigenvalue weighted by Gasteiger charge is 2.30. The maximum Gasteiger partial charge on any atom is 0.0604 e. The number of benzene rings is 1. The van der Waals surface area contributed by atoms with E-state index < -0.39 is 0 Å². The first kappa shape index (κ1) is 13.9. The van der Waals surface area contributed by atoms with Crippen LogP contribution in [0.15, 0.2) is 24.3 Å². The van der Waals surface area contributed by atoms with Crippen LogP contribution in [0.2, 0.25) is 5.02 Å². The summed E-state index contributed by atoms with van der Waals surface area (Å²) >= 11 is 6.17. The molecular weight excluding hydrogens is 246 g/mol. The van der Waals surface area contributed by atoms with Crippen molar-refractivity contribution < 1.29 is 4.74 Å². The lowest BCUT2D eigenvalue weighted by Gasteiger charge is -2.37. The van der Waals surface area contributed by atoms with Gasteiger partial charge in [-0.25, -0.2) is 0 Å². The molecule has 2 nitrogen and oxygen atoms in total. The molecule has 1 aliphatic rings. The molecule has 100 valence electrons. The second-order valence-corrected chi connectivity index (χ2v) is 5.52. The highest BCUT2D eigenvalue weighted by atomic mass is 35.5. The van der Waals surface area contributed by atoms with E-state index >= 15 is 0 Å². The van der Waals surface area contributed by atoms with Crippen LogP contribution in [0.5, 0.6) is 0 Å². The van der Waals surface area contributed by atoms with E-state index in [4.69, 9.17) is 16.3 Å². The third kappa shape index (κ3) is 3.71. The summed E-state index contributed by atoms with van der Waals surface area (Å²) in [7, 11) is 0. The van der Waals surface area contributed by atoms with Crippen LogP contribution in [0.3, 0.4) is 0 Å².